The second-order valence-electron chi connectivity index (χ2n) is 4.58. The van der Waals surface area contributed by atoms with E-state index in [1.165, 1.54) is 35.2 Å². The second kappa shape index (κ2) is 8.28. The molecule has 122 valence electrons. The van der Waals surface area contributed by atoms with E-state index in [4.69, 9.17) is 28.4 Å². The molecule has 8 nitrogen and oxygen atoms in total. The highest BCUT2D eigenvalue weighted by atomic mass is 16.7. The molecule has 0 spiro atoms. The average molecular weight is 306 g/mol. The molecule has 0 amide bonds. The topological polar surface area (TPSA) is 89.5 Å². The first-order valence-corrected chi connectivity index (χ1v) is 6.49. The molecule has 0 aromatic heterocycles. The van der Waals surface area contributed by atoms with Crippen LogP contribution in [-0.2, 0) is 38.0 Å². The molecule has 1 aliphatic heterocycles. The highest BCUT2D eigenvalue weighted by Crippen LogP contribution is 2.28. The standard InChI is InChI=1S/C13H22O8/c1-7(14)19-11-10(17-4)9(6-16-3)21-13(12(11)18-5)20-8(2)15/h9-13H,6H2,1-5H3/t9?,10-,11?,12?,13-/m1/s1. The van der Waals surface area contributed by atoms with Crippen LogP contribution < -0.4 is 0 Å². The van der Waals surface area contributed by atoms with Gasteiger partial charge in [0.05, 0.1) is 6.61 Å². The van der Waals surface area contributed by atoms with Crippen LogP contribution in [0.5, 0.6) is 0 Å². The maximum absolute atomic E-state index is 11.3. The van der Waals surface area contributed by atoms with Crippen LogP contribution in [0.3, 0.4) is 0 Å². The molecule has 5 atom stereocenters. The van der Waals surface area contributed by atoms with Gasteiger partial charge in [0.25, 0.3) is 0 Å². The van der Waals surface area contributed by atoms with Crippen molar-refractivity contribution in [1.82, 2.24) is 0 Å². The van der Waals surface area contributed by atoms with Crippen LogP contribution in [0.4, 0.5) is 0 Å². The zero-order chi connectivity index (χ0) is 16.0. The van der Waals surface area contributed by atoms with Gasteiger partial charge in [-0.2, -0.15) is 0 Å². The quantitative estimate of drug-likeness (QED) is 0.628. The lowest BCUT2D eigenvalue weighted by atomic mass is 9.98. The summed E-state index contributed by atoms with van der Waals surface area (Å²) in [4.78, 5) is 22.5. The van der Waals surface area contributed by atoms with E-state index in [0.717, 1.165) is 0 Å². The molecule has 0 aliphatic carbocycles. The zero-order valence-corrected chi connectivity index (χ0v) is 12.9. The molecule has 1 saturated heterocycles. The fourth-order valence-corrected chi connectivity index (χ4v) is 2.29. The van der Waals surface area contributed by atoms with Gasteiger partial charge < -0.3 is 28.4 Å². The Hall–Kier alpha value is -1.22. The molecule has 0 aromatic carbocycles. The Bertz CT molecular complexity index is 358. The summed E-state index contributed by atoms with van der Waals surface area (Å²) < 4.78 is 31.7. The fraction of sp³-hybridized carbons (Fsp3) is 0.846. The van der Waals surface area contributed by atoms with E-state index in [0.29, 0.717) is 0 Å². The van der Waals surface area contributed by atoms with Crippen molar-refractivity contribution in [2.45, 2.75) is 44.6 Å². The largest absolute Gasteiger partial charge is 0.457 e. The van der Waals surface area contributed by atoms with E-state index in [9.17, 15) is 9.59 Å². The average Bonchev–Trinajstić information content (AvgIpc) is 2.38. The van der Waals surface area contributed by atoms with Gasteiger partial charge in [0.1, 0.15) is 12.2 Å². The smallest absolute Gasteiger partial charge is 0.305 e. The van der Waals surface area contributed by atoms with Gasteiger partial charge in [-0.05, 0) is 0 Å². The Morgan fingerprint density at radius 1 is 0.905 bits per heavy atom. The Balaban J connectivity index is 3.02. The van der Waals surface area contributed by atoms with Crippen molar-refractivity contribution < 1.29 is 38.0 Å². The summed E-state index contributed by atoms with van der Waals surface area (Å²) in [6, 6.07) is 0. The minimum atomic E-state index is -1.01. The molecule has 3 unspecified atom stereocenters. The summed E-state index contributed by atoms with van der Waals surface area (Å²) >= 11 is 0. The Morgan fingerprint density at radius 3 is 1.90 bits per heavy atom. The second-order valence-corrected chi connectivity index (χ2v) is 4.58. The number of esters is 2. The van der Waals surface area contributed by atoms with Gasteiger partial charge in [0.15, 0.2) is 12.2 Å². The lowest BCUT2D eigenvalue weighted by Gasteiger charge is -2.43. The third-order valence-corrected chi connectivity index (χ3v) is 3.05. The third-order valence-electron chi connectivity index (χ3n) is 3.05. The van der Waals surface area contributed by atoms with Crippen LogP contribution in [0.25, 0.3) is 0 Å². The van der Waals surface area contributed by atoms with Crippen LogP contribution in [0.15, 0.2) is 0 Å². The Labute approximate surface area is 123 Å². The van der Waals surface area contributed by atoms with E-state index < -0.39 is 42.6 Å². The fourth-order valence-electron chi connectivity index (χ4n) is 2.29. The van der Waals surface area contributed by atoms with E-state index in [-0.39, 0.29) is 6.61 Å². The lowest BCUT2D eigenvalue weighted by Crippen LogP contribution is -2.62. The van der Waals surface area contributed by atoms with Crippen molar-refractivity contribution in [3.8, 4) is 0 Å². The summed E-state index contributed by atoms with van der Waals surface area (Å²) in [6.45, 7) is 2.72. The predicted octanol–water partition coefficient (Wildman–Crippen LogP) is -0.117. The highest BCUT2D eigenvalue weighted by molar-refractivity contribution is 5.67. The van der Waals surface area contributed by atoms with E-state index >= 15 is 0 Å². The van der Waals surface area contributed by atoms with Gasteiger partial charge in [0.2, 0.25) is 6.29 Å². The highest BCUT2D eigenvalue weighted by Gasteiger charge is 2.50. The lowest BCUT2D eigenvalue weighted by molar-refractivity contribution is -0.302. The van der Waals surface area contributed by atoms with Crippen LogP contribution >= 0.6 is 0 Å². The van der Waals surface area contributed by atoms with Crippen molar-refractivity contribution in [1.29, 1.82) is 0 Å². The maximum Gasteiger partial charge on any atom is 0.305 e. The van der Waals surface area contributed by atoms with Crippen molar-refractivity contribution >= 4 is 11.9 Å². The monoisotopic (exact) mass is 306 g/mol. The first kappa shape index (κ1) is 17.8. The van der Waals surface area contributed by atoms with E-state index in [2.05, 4.69) is 0 Å². The number of hydrogen-bond donors (Lipinski definition) is 0. The molecular formula is C13H22O8. The maximum atomic E-state index is 11.3. The molecule has 1 heterocycles. The van der Waals surface area contributed by atoms with Crippen LogP contribution in [-0.4, -0.2) is 70.6 Å². The zero-order valence-electron chi connectivity index (χ0n) is 12.9. The number of hydrogen-bond acceptors (Lipinski definition) is 8. The Kier molecular flexibility index (Phi) is 7.03. The molecule has 1 rings (SSSR count). The van der Waals surface area contributed by atoms with Gasteiger partial charge >= 0.3 is 11.9 Å². The molecule has 0 radical (unpaired) electrons. The molecule has 0 bridgehead atoms. The minimum Gasteiger partial charge on any atom is -0.457 e. The number of rotatable bonds is 6. The minimum absolute atomic E-state index is 0.185. The normalized spacial score (nSPS) is 32.5. The van der Waals surface area contributed by atoms with Gasteiger partial charge in [-0.25, -0.2) is 0 Å². The summed E-state index contributed by atoms with van der Waals surface area (Å²) in [7, 11) is 4.37. The molecule has 0 saturated carbocycles. The first-order valence-electron chi connectivity index (χ1n) is 6.49. The molecule has 0 N–H and O–H groups in total. The van der Waals surface area contributed by atoms with Gasteiger partial charge in [-0.15, -0.1) is 0 Å². The van der Waals surface area contributed by atoms with Crippen LogP contribution in [0, 0.1) is 0 Å². The van der Waals surface area contributed by atoms with Gasteiger partial charge in [0, 0.05) is 35.2 Å². The molecule has 8 heteroatoms. The van der Waals surface area contributed by atoms with Crippen LogP contribution in [0.2, 0.25) is 0 Å². The van der Waals surface area contributed by atoms with Crippen molar-refractivity contribution in [2.75, 3.05) is 27.9 Å². The van der Waals surface area contributed by atoms with Gasteiger partial charge in [-0.3, -0.25) is 9.59 Å². The first-order chi connectivity index (χ1) is 9.94. The molecule has 0 aromatic rings. The van der Waals surface area contributed by atoms with E-state index in [1.54, 1.807) is 0 Å². The third kappa shape index (κ3) is 4.63. The number of ether oxygens (including phenoxy) is 6. The number of carbonyl (C=O) groups is 2. The van der Waals surface area contributed by atoms with Crippen molar-refractivity contribution in [2.24, 2.45) is 0 Å². The molecular weight excluding hydrogens is 284 g/mol. The number of methoxy groups -OCH3 is 3. The molecule has 1 aliphatic rings. The van der Waals surface area contributed by atoms with Crippen molar-refractivity contribution in [3.05, 3.63) is 0 Å². The summed E-state index contributed by atoms with van der Waals surface area (Å²) in [5, 5.41) is 0. The van der Waals surface area contributed by atoms with Gasteiger partial charge in [-0.1, -0.05) is 0 Å². The summed E-state index contributed by atoms with van der Waals surface area (Å²) in [5.74, 6) is -1.03. The summed E-state index contributed by atoms with van der Waals surface area (Å²) in [6.07, 6.45) is -3.76. The Morgan fingerprint density at radius 2 is 1.48 bits per heavy atom. The van der Waals surface area contributed by atoms with Crippen LogP contribution in [0.1, 0.15) is 13.8 Å². The predicted molar refractivity (Wildman–Crippen MR) is 69.5 cm³/mol. The number of carbonyl (C=O) groups excluding carboxylic acids is 2. The summed E-state index contributed by atoms with van der Waals surface area (Å²) in [5.41, 5.74) is 0. The SMILES string of the molecule is COCC1O[C@@H](OC(C)=O)C(OC)C(OC(C)=O)[C@@H]1OC. The van der Waals surface area contributed by atoms with E-state index in [1.807, 2.05) is 0 Å². The van der Waals surface area contributed by atoms with Crippen molar-refractivity contribution in [3.63, 3.8) is 0 Å². The molecule has 1 fully saturated rings. The molecule has 21 heavy (non-hydrogen) atoms.